The van der Waals surface area contributed by atoms with Crippen LogP contribution in [0.2, 0.25) is 0 Å². The Kier molecular flexibility index (Phi) is 3.39. The van der Waals surface area contributed by atoms with Gasteiger partial charge in [-0.3, -0.25) is 9.36 Å². The fourth-order valence-electron chi connectivity index (χ4n) is 6.11. The van der Waals surface area contributed by atoms with Gasteiger partial charge in [-0.25, -0.2) is 0 Å². The molecule has 2 atom stereocenters. The van der Waals surface area contributed by atoms with Gasteiger partial charge in [0.1, 0.15) is 11.8 Å². The molecular weight excluding hydrogens is 286 g/mol. The molecule has 0 radical (unpaired) electrons. The highest BCUT2D eigenvalue weighted by Gasteiger charge is 2.56. The third-order valence-corrected chi connectivity index (χ3v) is 6.68. The average molecular weight is 311 g/mol. The van der Waals surface area contributed by atoms with Crippen LogP contribution in [-0.2, 0) is 0 Å². The van der Waals surface area contributed by atoms with Crippen LogP contribution in [0.3, 0.4) is 0 Å². The summed E-state index contributed by atoms with van der Waals surface area (Å²) in [6.45, 7) is 2.67. The fraction of sp³-hybridized carbons (Fsp3) is 0.684. The molecule has 0 aromatic carbocycles. The number of carbonyl (C=O) groups is 1. The lowest BCUT2D eigenvalue weighted by Gasteiger charge is -2.62. The summed E-state index contributed by atoms with van der Waals surface area (Å²) in [5.74, 6) is 1.67. The zero-order valence-electron chi connectivity index (χ0n) is 13.8. The van der Waals surface area contributed by atoms with E-state index < -0.39 is 0 Å². The minimum atomic E-state index is -0.0205. The van der Waals surface area contributed by atoms with Gasteiger partial charge < -0.3 is 5.32 Å². The van der Waals surface area contributed by atoms with Crippen molar-refractivity contribution in [3.63, 3.8) is 0 Å². The van der Waals surface area contributed by atoms with Crippen LogP contribution in [0.1, 0.15) is 62.4 Å². The van der Waals surface area contributed by atoms with Gasteiger partial charge in [0.2, 0.25) is 5.91 Å². The third-order valence-electron chi connectivity index (χ3n) is 6.68. The van der Waals surface area contributed by atoms with E-state index in [1.54, 1.807) is 18.3 Å². The SMILES string of the molecule is CCC12C[C@@H]3C[C@@H](C1)CC(NCC(=O)n1cccc1C#N)(C3)C2. The van der Waals surface area contributed by atoms with Crippen LogP contribution in [0, 0.1) is 28.6 Å². The molecule has 1 N–H and O–H groups in total. The molecule has 5 rings (SSSR count). The molecular formula is C19H25N3O. The largest absolute Gasteiger partial charge is 0.303 e. The summed E-state index contributed by atoms with van der Waals surface area (Å²) in [5.41, 5.74) is 1.11. The maximum atomic E-state index is 12.5. The van der Waals surface area contributed by atoms with Crippen LogP contribution in [0.4, 0.5) is 0 Å². The van der Waals surface area contributed by atoms with Gasteiger partial charge in [-0.1, -0.05) is 13.3 Å². The molecule has 0 spiro atoms. The highest BCUT2D eigenvalue weighted by molar-refractivity contribution is 5.82. The minimum absolute atomic E-state index is 0.0205. The lowest BCUT2D eigenvalue weighted by Crippen LogP contribution is -2.62. The first kappa shape index (κ1) is 15.0. The second kappa shape index (κ2) is 5.21. The molecule has 1 aromatic heterocycles. The highest BCUT2D eigenvalue weighted by atomic mass is 16.2. The van der Waals surface area contributed by atoms with Crippen molar-refractivity contribution in [2.24, 2.45) is 17.3 Å². The number of rotatable bonds is 4. The number of nitrogens with one attached hydrogen (secondary N) is 1. The van der Waals surface area contributed by atoms with E-state index in [0.717, 1.165) is 11.8 Å². The predicted octanol–water partition coefficient (Wildman–Crippen LogP) is 3.34. The lowest BCUT2D eigenvalue weighted by molar-refractivity contribution is -0.0824. The zero-order chi connectivity index (χ0) is 16.1. The first-order valence-corrected chi connectivity index (χ1v) is 8.93. The van der Waals surface area contributed by atoms with E-state index in [0.29, 0.717) is 17.7 Å². The van der Waals surface area contributed by atoms with E-state index in [2.05, 4.69) is 18.3 Å². The maximum Gasteiger partial charge on any atom is 0.245 e. The van der Waals surface area contributed by atoms with Gasteiger partial charge in [0, 0.05) is 11.7 Å². The Hall–Kier alpha value is -1.60. The van der Waals surface area contributed by atoms with Gasteiger partial charge in [-0.2, -0.15) is 5.26 Å². The first-order valence-electron chi connectivity index (χ1n) is 8.93. The van der Waals surface area contributed by atoms with Gasteiger partial charge in [-0.05, 0) is 67.9 Å². The third kappa shape index (κ3) is 2.42. The van der Waals surface area contributed by atoms with Gasteiger partial charge in [0.15, 0.2) is 0 Å². The molecule has 122 valence electrons. The van der Waals surface area contributed by atoms with E-state index in [4.69, 9.17) is 5.26 Å². The molecule has 1 aromatic rings. The Morgan fingerprint density at radius 2 is 2.13 bits per heavy atom. The Balaban J connectivity index is 1.49. The Bertz CT molecular complexity index is 654. The van der Waals surface area contributed by atoms with Crippen molar-refractivity contribution in [2.45, 2.75) is 57.4 Å². The van der Waals surface area contributed by atoms with Crippen LogP contribution in [0.5, 0.6) is 0 Å². The molecule has 4 bridgehead atoms. The molecule has 4 fully saturated rings. The number of hydrogen-bond donors (Lipinski definition) is 1. The minimum Gasteiger partial charge on any atom is -0.303 e. The number of nitrogens with zero attached hydrogens (tertiary/aromatic N) is 2. The molecule has 4 heteroatoms. The fourth-order valence-corrected chi connectivity index (χ4v) is 6.11. The molecule has 23 heavy (non-hydrogen) atoms. The second-order valence-corrected chi connectivity index (χ2v) is 8.22. The van der Waals surface area contributed by atoms with Crippen molar-refractivity contribution in [1.29, 1.82) is 5.26 Å². The summed E-state index contributed by atoms with van der Waals surface area (Å²) in [7, 11) is 0. The summed E-state index contributed by atoms with van der Waals surface area (Å²) in [6, 6.07) is 5.53. The lowest BCUT2D eigenvalue weighted by atomic mass is 9.46. The van der Waals surface area contributed by atoms with E-state index in [1.165, 1.54) is 49.5 Å². The molecule has 4 aliphatic carbocycles. The standard InChI is InChI=1S/C19H25N3O/c1-2-18-7-14-6-15(8-18)10-19(9-14,13-18)21-12-17(23)22-5-3-4-16(22)11-20/h3-5,14-15,21H,2,6-10,12-13H2,1H3/t14-,15-,18?,19?/m0/s1. The maximum absolute atomic E-state index is 12.5. The van der Waals surface area contributed by atoms with Crippen LogP contribution in [-0.4, -0.2) is 22.6 Å². The van der Waals surface area contributed by atoms with E-state index in [-0.39, 0.29) is 11.4 Å². The Morgan fingerprint density at radius 1 is 1.39 bits per heavy atom. The molecule has 4 nitrogen and oxygen atoms in total. The Labute approximate surface area is 137 Å². The summed E-state index contributed by atoms with van der Waals surface area (Å²) < 4.78 is 1.48. The molecule has 0 aliphatic heterocycles. The van der Waals surface area contributed by atoms with Crippen LogP contribution in [0.15, 0.2) is 18.3 Å². The quantitative estimate of drug-likeness (QED) is 0.928. The summed E-state index contributed by atoms with van der Waals surface area (Å²) in [4.78, 5) is 12.5. The van der Waals surface area contributed by atoms with Crippen molar-refractivity contribution in [3.05, 3.63) is 24.0 Å². The van der Waals surface area contributed by atoms with E-state index in [1.807, 2.05) is 0 Å². The first-order chi connectivity index (χ1) is 11.1. The molecule has 0 unspecified atom stereocenters. The zero-order valence-corrected chi connectivity index (χ0v) is 13.8. The van der Waals surface area contributed by atoms with Crippen LogP contribution in [0.25, 0.3) is 0 Å². The highest BCUT2D eigenvalue weighted by Crippen LogP contribution is 2.62. The normalized spacial score (nSPS) is 37.7. The average Bonchev–Trinajstić information content (AvgIpc) is 3.00. The monoisotopic (exact) mass is 311 g/mol. The van der Waals surface area contributed by atoms with Crippen LogP contribution >= 0.6 is 0 Å². The Morgan fingerprint density at radius 3 is 2.78 bits per heavy atom. The van der Waals surface area contributed by atoms with Gasteiger partial charge >= 0.3 is 0 Å². The van der Waals surface area contributed by atoms with E-state index >= 15 is 0 Å². The summed E-state index contributed by atoms with van der Waals surface area (Å²) in [6.07, 6.45) is 10.8. The van der Waals surface area contributed by atoms with Gasteiger partial charge in [0.25, 0.3) is 0 Å². The van der Waals surface area contributed by atoms with Crippen molar-refractivity contribution in [1.82, 2.24) is 9.88 Å². The predicted molar refractivity (Wildman–Crippen MR) is 87.9 cm³/mol. The smallest absolute Gasteiger partial charge is 0.245 e. The molecule has 4 saturated carbocycles. The molecule has 1 heterocycles. The van der Waals surface area contributed by atoms with Crippen molar-refractivity contribution < 1.29 is 4.79 Å². The van der Waals surface area contributed by atoms with Gasteiger partial charge in [-0.15, -0.1) is 0 Å². The number of hydrogen-bond acceptors (Lipinski definition) is 3. The van der Waals surface area contributed by atoms with Crippen molar-refractivity contribution in [3.8, 4) is 6.07 Å². The van der Waals surface area contributed by atoms with E-state index in [9.17, 15) is 4.79 Å². The number of carbonyl (C=O) groups excluding carboxylic acids is 1. The topological polar surface area (TPSA) is 57.8 Å². The molecule has 0 saturated heterocycles. The van der Waals surface area contributed by atoms with Crippen molar-refractivity contribution in [2.75, 3.05) is 6.54 Å². The number of aromatic nitrogens is 1. The summed E-state index contributed by atoms with van der Waals surface area (Å²) in [5, 5.41) is 12.7. The number of nitriles is 1. The van der Waals surface area contributed by atoms with Crippen LogP contribution < -0.4 is 5.32 Å². The summed E-state index contributed by atoms with van der Waals surface area (Å²) >= 11 is 0. The molecule has 0 amide bonds. The van der Waals surface area contributed by atoms with Crippen molar-refractivity contribution >= 4 is 5.91 Å². The second-order valence-electron chi connectivity index (χ2n) is 8.22. The molecule has 4 aliphatic rings. The van der Waals surface area contributed by atoms with Gasteiger partial charge in [0.05, 0.1) is 6.54 Å².